The Balaban J connectivity index is 1.93. The van der Waals surface area contributed by atoms with Crippen molar-refractivity contribution in [2.75, 3.05) is 0 Å². The van der Waals surface area contributed by atoms with Gasteiger partial charge in [-0.15, -0.1) is 0 Å². The van der Waals surface area contributed by atoms with Crippen LogP contribution in [0, 0.1) is 6.92 Å². The van der Waals surface area contributed by atoms with Gasteiger partial charge in [0.1, 0.15) is 5.15 Å². The lowest BCUT2D eigenvalue weighted by Gasteiger charge is -2.14. The summed E-state index contributed by atoms with van der Waals surface area (Å²) in [6.45, 7) is 2.02. The molecule has 0 aliphatic carbocycles. The summed E-state index contributed by atoms with van der Waals surface area (Å²) < 4.78 is 0. The zero-order chi connectivity index (χ0) is 14.3. The molecule has 3 rings (SSSR count). The summed E-state index contributed by atoms with van der Waals surface area (Å²) in [7, 11) is 0. The van der Waals surface area contributed by atoms with Gasteiger partial charge in [0.15, 0.2) is 0 Å². The lowest BCUT2D eigenvalue weighted by atomic mass is 10.1. The third kappa shape index (κ3) is 2.08. The number of imide groups is 1. The number of aryl methyl sites for hydroxylation is 1. The number of benzene rings is 1. The molecule has 100 valence electrons. The van der Waals surface area contributed by atoms with E-state index in [1.54, 1.807) is 30.3 Å². The number of hydrogen-bond acceptors (Lipinski definition) is 3. The van der Waals surface area contributed by atoms with Gasteiger partial charge in [0, 0.05) is 5.69 Å². The summed E-state index contributed by atoms with van der Waals surface area (Å²) in [5.74, 6) is -0.535. The molecular formula is C15H11ClN2O2. The highest BCUT2D eigenvalue weighted by molar-refractivity contribution is 6.29. The van der Waals surface area contributed by atoms with Gasteiger partial charge in [0.2, 0.25) is 0 Å². The van der Waals surface area contributed by atoms with Gasteiger partial charge in [-0.1, -0.05) is 23.7 Å². The van der Waals surface area contributed by atoms with Gasteiger partial charge in [-0.3, -0.25) is 14.5 Å². The van der Waals surface area contributed by atoms with Crippen molar-refractivity contribution in [2.45, 2.75) is 13.5 Å². The average molecular weight is 287 g/mol. The van der Waals surface area contributed by atoms with E-state index >= 15 is 0 Å². The van der Waals surface area contributed by atoms with Crippen LogP contribution in [-0.4, -0.2) is 21.7 Å². The lowest BCUT2D eigenvalue weighted by Crippen LogP contribution is -2.29. The zero-order valence-corrected chi connectivity index (χ0v) is 11.5. The average Bonchev–Trinajstić information content (AvgIpc) is 2.64. The van der Waals surface area contributed by atoms with Crippen molar-refractivity contribution < 1.29 is 9.59 Å². The number of fused-ring (bicyclic) bond motifs is 1. The van der Waals surface area contributed by atoms with Crippen LogP contribution < -0.4 is 0 Å². The Labute approximate surface area is 121 Å². The molecule has 20 heavy (non-hydrogen) atoms. The number of rotatable bonds is 2. The van der Waals surface area contributed by atoms with Gasteiger partial charge in [-0.2, -0.15) is 0 Å². The van der Waals surface area contributed by atoms with E-state index in [9.17, 15) is 9.59 Å². The van der Waals surface area contributed by atoms with Crippen LogP contribution in [0.2, 0.25) is 5.15 Å². The maximum Gasteiger partial charge on any atom is 0.261 e. The summed E-state index contributed by atoms with van der Waals surface area (Å²) in [6, 6.07) is 10.3. The molecule has 1 aliphatic heterocycles. The van der Waals surface area contributed by atoms with Crippen molar-refractivity contribution >= 4 is 23.4 Å². The summed E-state index contributed by atoms with van der Waals surface area (Å²) in [4.78, 5) is 29.8. The fourth-order valence-electron chi connectivity index (χ4n) is 2.35. The molecular weight excluding hydrogens is 276 g/mol. The van der Waals surface area contributed by atoms with E-state index < -0.39 is 0 Å². The number of carbonyl (C=O) groups excluding carboxylic acids is 2. The molecule has 2 heterocycles. The predicted octanol–water partition coefficient (Wildman–Crippen LogP) is 2.84. The van der Waals surface area contributed by atoms with Crippen LogP contribution in [0.25, 0.3) is 0 Å². The standard InChI is InChI=1S/C15H11ClN2O2/c1-9-6-10(7-13(16)17-9)8-18-14(19)11-4-2-3-5-12(11)15(18)20/h2-7H,8H2,1H3. The third-order valence-electron chi connectivity index (χ3n) is 3.20. The van der Waals surface area contributed by atoms with Crippen LogP contribution in [0.4, 0.5) is 0 Å². The number of nitrogens with zero attached hydrogens (tertiary/aromatic N) is 2. The maximum atomic E-state index is 12.2. The smallest absolute Gasteiger partial charge is 0.261 e. The number of halogens is 1. The number of hydrogen-bond donors (Lipinski definition) is 0. The molecule has 0 spiro atoms. The van der Waals surface area contributed by atoms with E-state index in [0.717, 1.165) is 11.3 Å². The molecule has 0 saturated heterocycles. The Morgan fingerprint density at radius 3 is 2.25 bits per heavy atom. The highest BCUT2D eigenvalue weighted by atomic mass is 35.5. The van der Waals surface area contributed by atoms with Gasteiger partial charge in [0.05, 0.1) is 17.7 Å². The van der Waals surface area contributed by atoms with E-state index in [1.165, 1.54) is 4.90 Å². The van der Waals surface area contributed by atoms with Crippen molar-refractivity contribution in [3.05, 3.63) is 63.9 Å². The highest BCUT2D eigenvalue weighted by Crippen LogP contribution is 2.24. The highest BCUT2D eigenvalue weighted by Gasteiger charge is 2.34. The Morgan fingerprint density at radius 2 is 1.70 bits per heavy atom. The first-order valence-electron chi connectivity index (χ1n) is 6.14. The Bertz CT molecular complexity index is 672. The normalized spacial score (nSPS) is 13.8. The topological polar surface area (TPSA) is 50.3 Å². The lowest BCUT2D eigenvalue weighted by molar-refractivity contribution is 0.0642. The number of amides is 2. The second-order valence-corrected chi connectivity index (χ2v) is 5.07. The van der Waals surface area contributed by atoms with E-state index in [4.69, 9.17) is 11.6 Å². The van der Waals surface area contributed by atoms with E-state index in [2.05, 4.69) is 4.98 Å². The van der Waals surface area contributed by atoms with Gasteiger partial charge >= 0.3 is 0 Å². The third-order valence-corrected chi connectivity index (χ3v) is 3.39. The molecule has 1 aromatic carbocycles. The molecule has 1 aliphatic rings. The molecule has 0 N–H and O–H groups in total. The molecule has 2 amide bonds. The molecule has 0 radical (unpaired) electrons. The molecule has 4 nitrogen and oxygen atoms in total. The van der Waals surface area contributed by atoms with Crippen LogP contribution in [0.3, 0.4) is 0 Å². The fourth-order valence-corrected chi connectivity index (χ4v) is 2.63. The first-order valence-corrected chi connectivity index (χ1v) is 6.52. The van der Waals surface area contributed by atoms with Gasteiger partial charge < -0.3 is 0 Å². The minimum absolute atomic E-state index is 0.204. The van der Waals surface area contributed by atoms with Crippen molar-refractivity contribution in [1.29, 1.82) is 0 Å². The SMILES string of the molecule is Cc1cc(CN2C(=O)c3ccccc3C2=O)cc(Cl)n1. The van der Waals surface area contributed by atoms with E-state index in [-0.39, 0.29) is 18.4 Å². The summed E-state index contributed by atoms with van der Waals surface area (Å²) in [6.07, 6.45) is 0. The number of aromatic nitrogens is 1. The zero-order valence-electron chi connectivity index (χ0n) is 10.8. The Hall–Kier alpha value is -2.20. The van der Waals surface area contributed by atoms with Gasteiger partial charge in [-0.05, 0) is 36.8 Å². The van der Waals surface area contributed by atoms with Crippen LogP contribution in [0.5, 0.6) is 0 Å². The molecule has 1 aromatic heterocycles. The van der Waals surface area contributed by atoms with Crippen LogP contribution in [0.1, 0.15) is 32.0 Å². The van der Waals surface area contributed by atoms with Crippen molar-refractivity contribution in [1.82, 2.24) is 9.88 Å². The fraction of sp³-hybridized carbons (Fsp3) is 0.133. The van der Waals surface area contributed by atoms with Gasteiger partial charge in [-0.25, -0.2) is 4.98 Å². The van der Waals surface area contributed by atoms with Crippen LogP contribution >= 0.6 is 11.6 Å². The Morgan fingerprint density at radius 1 is 1.10 bits per heavy atom. The van der Waals surface area contributed by atoms with Gasteiger partial charge in [0.25, 0.3) is 11.8 Å². The maximum absolute atomic E-state index is 12.2. The molecule has 0 bridgehead atoms. The summed E-state index contributed by atoms with van der Waals surface area (Å²) >= 11 is 5.90. The van der Waals surface area contributed by atoms with E-state index in [0.29, 0.717) is 16.3 Å². The van der Waals surface area contributed by atoms with Crippen LogP contribution in [0.15, 0.2) is 36.4 Å². The van der Waals surface area contributed by atoms with Crippen LogP contribution in [-0.2, 0) is 6.54 Å². The first kappa shape index (κ1) is 12.8. The second kappa shape index (κ2) is 4.72. The summed E-state index contributed by atoms with van der Waals surface area (Å²) in [5.41, 5.74) is 2.45. The second-order valence-electron chi connectivity index (χ2n) is 4.68. The molecule has 0 atom stereocenters. The molecule has 0 fully saturated rings. The monoisotopic (exact) mass is 286 g/mol. The summed E-state index contributed by atoms with van der Waals surface area (Å²) in [5, 5.41) is 0.358. The molecule has 5 heteroatoms. The number of carbonyl (C=O) groups is 2. The molecule has 2 aromatic rings. The van der Waals surface area contributed by atoms with Crippen molar-refractivity contribution in [3.63, 3.8) is 0 Å². The van der Waals surface area contributed by atoms with E-state index in [1.807, 2.05) is 13.0 Å². The molecule has 0 unspecified atom stereocenters. The quantitative estimate of drug-likeness (QED) is 0.630. The van der Waals surface area contributed by atoms with Crippen molar-refractivity contribution in [2.24, 2.45) is 0 Å². The largest absolute Gasteiger partial charge is 0.270 e. The minimum atomic E-state index is -0.267. The first-order chi connectivity index (χ1) is 9.56. The Kier molecular flexibility index (Phi) is 3.03. The molecule has 0 saturated carbocycles. The van der Waals surface area contributed by atoms with Crippen molar-refractivity contribution in [3.8, 4) is 0 Å². The minimum Gasteiger partial charge on any atom is -0.270 e. The predicted molar refractivity (Wildman–Crippen MR) is 74.6 cm³/mol. The number of pyridine rings is 1.